The van der Waals surface area contributed by atoms with Crippen LogP contribution in [0.1, 0.15) is 64.7 Å². The molecular formula is C15H28O2. The predicted octanol–water partition coefficient (Wildman–Crippen LogP) is 3.98. The first-order valence-corrected chi connectivity index (χ1v) is 7.39. The summed E-state index contributed by atoms with van der Waals surface area (Å²) in [5.74, 6) is 1.24. The van der Waals surface area contributed by atoms with Crippen molar-refractivity contribution in [2.45, 2.75) is 64.7 Å². The molecule has 1 aliphatic carbocycles. The number of unbranched alkanes of at least 4 members (excludes halogenated alkanes) is 2. The molecule has 0 aliphatic heterocycles. The number of carbonyl (C=O) groups is 1. The van der Waals surface area contributed by atoms with Gasteiger partial charge in [0.25, 0.3) is 0 Å². The SMILES string of the molecule is CCCCOCCCCC1CCC(C=O)CC1. The average molecular weight is 240 g/mol. The Labute approximate surface area is 106 Å². The van der Waals surface area contributed by atoms with Crippen molar-refractivity contribution in [1.82, 2.24) is 0 Å². The second kappa shape index (κ2) is 9.64. The molecule has 0 amide bonds. The van der Waals surface area contributed by atoms with Crippen LogP contribution in [-0.2, 0) is 9.53 Å². The van der Waals surface area contributed by atoms with Gasteiger partial charge in [-0.2, -0.15) is 0 Å². The number of rotatable bonds is 9. The second-order valence-electron chi connectivity index (χ2n) is 5.38. The Morgan fingerprint density at radius 2 is 1.76 bits per heavy atom. The molecule has 0 N–H and O–H groups in total. The van der Waals surface area contributed by atoms with Crippen LogP contribution in [0.2, 0.25) is 0 Å². The maximum Gasteiger partial charge on any atom is 0.123 e. The first-order chi connectivity index (χ1) is 8.36. The Morgan fingerprint density at radius 1 is 1.06 bits per heavy atom. The van der Waals surface area contributed by atoms with Gasteiger partial charge in [-0.05, 0) is 44.4 Å². The van der Waals surface area contributed by atoms with E-state index in [0.29, 0.717) is 5.92 Å². The van der Waals surface area contributed by atoms with Gasteiger partial charge in [0.15, 0.2) is 0 Å². The summed E-state index contributed by atoms with van der Waals surface area (Å²) in [6, 6.07) is 0. The Hall–Kier alpha value is -0.370. The molecule has 0 unspecified atom stereocenters. The monoisotopic (exact) mass is 240 g/mol. The van der Waals surface area contributed by atoms with Gasteiger partial charge in [-0.15, -0.1) is 0 Å². The quantitative estimate of drug-likeness (QED) is 0.450. The van der Waals surface area contributed by atoms with Crippen LogP contribution in [0.5, 0.6) is 0 Å². The van der Waals surface area contributed by atoms with E-state index in [1.165, 1.54) is 44.9 Å². The van der Waals surface area contributed by atoms with Crippen LogP contribution in [0.25, 0.3) is 0 Å². The summed E-state index contributed by atoms with van der Waals surface area (Å²) in [6.45, 7) is 4.06. The number of hydrogen-bond acceptors (Lipinski definition) is 2. The van der Waals surface area contributed by atoms with Gasteiger partial charge in [-0.1, -0.05) is 26.2 Å². The molecule has 0 spiro atoms. The third kappa shape index (κ3) is 6.82. The highest BCUT2D eigenvalue weighted by molar-refractivity contribution is 5.53. The van der Waals surface area contributed by atoms with E-state index in [1.54, 1.807) is 0 Å². The van der Waals surface area contributed by atoms with Crippen LogP contribution >= 0.6 is 0 Å². The molecule has 0 heterocycles. The van der Waals surface area contributed by atoms with E-state index in [2.05, 4.69) is 6.92 Å². The molecule has 1 saturated carbocycles. The molecule has 17 heavy (non-hydrogen) atoms. The zero-order chi connectivity index (χ0) is 12.3. The third-order valence-electron chi connectivity index (χ3n) is 3.88. The Kier molecular flexibility index (Phi) is 8.33. The smallest absolute Gasteiger partial charge is 0.123 e. The second-order valence-corrected chi connectivity index (χ2v) is 5.38. The lowest BCUT2D eigenvalue weighted by molar-refractivity contribution is -0.112. The fourth-order valence-electron chi connectivity index (χ4n) is 2.60. The van der Waals surface area contributed by atoms with Crippen molar-refractivity contribution in [3.8, 4) is 0 Å². The lowest BCUT2D eigenvalue weighted by atomic mass is 9.80. The Bertz CT molecular complexity index is 183. The van der Waals surface area contributed by atoms with Crippen LogP contribution < -0.4 is 0 Å². The normalized spacial score (nSPS) is 24.8. The maximum atomic E-state index is 10.6. The fraction of sp³-hybridized carbons (Fsp3) is 0.933. The molecule has 2 nitrogen and oxygen atoms in total. The minimum absolute atomic E-state index is 0.364. The maximum absolute atomic E-state index is 10.6. The lowest BCUT2D eigenvalue weighted by Gasteiger charge is -2.25. The first kappa shape index (κ1) is 14.7. The van der Waals surface area contributed by atoms with Crippen molar-refractivity contribution in [2.24, 2.45) is 11.8 Å². The van der Waals surface area contributed by atoms with E-state index < -0.39 is 0 Å². The molecule has 0 aromatic carbocycles. The largest absolute Gasteiger partial charge is 0.381 e. The van der Waals surface area contributed by atoms with E-state index in [0.717, 1.165) is 38.3 Å². The number of aldehydes is 1. The molecule has 1 aliphatic rings. The van der Waals surface area contributed by atoms with E-state index in [-0.39, 0.29) is 0 Å². The van der Waals surface area contributed by atoms with Crippen molar-refractivity contribution in [2.75, 3.05) is 13.2 Å². The summed E-state index contributed by atoms with van der Waals surface area (Å²) in [6.07, 6.45) is 12.2. The summed E-state index contributed by atoms with van der Waals surface area (Å²) in [5, 5.41) is 0. The van der Waals surface area contributed by atoms with Gasteiger partial charge in [-0.25, -0.2) is 0 Å². The number of ether oxygens (including phenoxy) is 1. The third-order valence-corrected chi connectivity index (χ3v) is 3.88. The van der Waals surface area contributed by atoms with Gasteiger partial charge in [0.1, 0.15) is 6.29 Å². The molecule has 0 atom stereocenters. The molecule has 0 saturated heterocycles. The topological polar surface area (TPSA) is 26.3 Å². The van der Waals surface area contributed by atoms with Gasteiger partial charge >= 0.3 is 0 Å². The minimum Gasteiger partial charge on any atom is -0.381 e. The molecular weight excluding hydrogens is 212 g/mol. The molecule has 0 radical (unpaired) electrons. The van der Waals surface area contributed by atoms with E-state index >= 15 is 0 Å². The van der Waals surface area contributed by atoms with Crippen molar-refractivity contribution in [3.63, 3.8) is 0 Å². The summed E-state index contributed by atoms with van der Waals surface area (Å²) in [4.78, 5) is 10.6. The highest BCUT2D eigenvalue weighted by Crippen LogP contribution is 2.30. The van der Waals surface area contributed by atoms with Gasteiger partial charge in [0.2, 0.25) is 0 Å². The Morgan fingerprint density at radius 3 is 2.41 bits per heavy atom. The fourth-order valence-corrected chi connectivity index (χ4v) is 2.60. The van der Waals surface area contributed by atoms with Crippen molar-refractivity contribution >= 4 is 6.29 Å². The average Bonchev–Trinajstić information content (AvgIpc) is 2.38. The van der Waals surface area contributed by atoms with Gasteiger partial charge in [-0.3, -0.25) is 0 Å². The molecule has 0 bridgehead atoms. The minimum atomic E-state index is 0.364. The number of hydrogen-bond donors (Lipinski definition) is 0. The van der Waals surface area contributed by atoms with E-state index in [4.69, 9.17) is 4.74 Å². The van der Waals surface area contributed by atoms with Crippen molar-refractivity contribution < 1.29 is 9.53 Å². The first-order valence-electron chi connectivity index (χ1n) is 7.39. The molecule has 100 valence electrons. The molecule has 0 aromatic rings. The number of carbonyl (C=O) groups excluding carboxylic acids is 1. The summed E-state index contributed by atoms with van der Waals surface area (Å²) in [5.41, 5.74) is 0. The Balaban J connectivity index is 1.88. The molecule has 1 rings (SSSR count). The van der Waals surface area contributed by atoms with E-state index in [1.807, 2.05) is 0 Å². The zero-order valence-corrected chi connectivity index (χ0v) is 11.3. The van der Waals surface area contributed by atoms with Crippen molar-refractivity contribution in [1.29, 1.82) is 0 Å². The summed E-state index contributed by atoms with van der Waals surface area (Å²) in [7, 11) is 0. The van der Waals surface area contributed by atoms with Crippen LogP contribution in [0, 0.1) is 11.8 Å². The van der Waals surface area contributed by atoms with Crippen LogP contribution in [0.3, 0.4) is 0 Å². The van der Waals surface area contributed by atoms with E-state index in [9.17, 15) is 4.79 Å². The lowest BCUT2D eigenvalue weighted by Crippen LogP contribution is -2.15. The molecule has 0 aromatic heterocycles. The van der Waals surface area contributed by atoms with Crippen molar-refractivity contribution in [3.05, 3.63) is 0 Å². The summed E-state index contributed by atoms with van der Waals surface area (Å²) < 4.78 is 5.55. The van der Waals surface area contributed by atoms with Gasteiger partial charge < -0.3 is 9.53 Å². The highest BCUT2D eigenvalue weighted by Gasteiger charge is 2.19. The van der Waals surface area contributed by atoms with Gasteiger partial charge in [0, 0.05) is 19.1 Å². The molecule has 2 heteroatoms. The van der Waals surface area contributed by atoms with Crippen LogP contribution in [0.15, 0.2) is 0 Å². The molecule has 1 fully saturated rings. The predicted molar refractivity (Wildman–Crippen MR) is 71.1 cm³/mol. The van der Waals surface area contributed by atoms with Gasteiger partial charge in [0.05, 0.1) is 0 Å². The standard InChI is InChI=1S/C15H28O2/c1-2-3-11-17-12-5-4-6-14-7-9-15(13-16)10-8-14/h13-15H,2-12H2,1H3. The van der Waals surface area contributed by atoms with Crippen LogP contribution in [-0.4, -0.2) is 19.5 Å². The highest BCUT2D eigenvalue weighted by atomic mass is 16.5. The zero-order valence-electron chi connectivity index (χ0n) is 11.3. The van der Waals surface area contributed by atoms with Crippen LogP contribution in [0.4, 0.5) is 0 Å². The summed E-state index contributed by atoms with van der Waals surface area (Å²) >= 11 is 0.